The third-order valence-corrected chi connectivity index (χ3v) is 13.6. The van der Waals surface area contributed by atoms with Crippen molar-refractivity contribution in [3.05, 3.63) is 73.3 Å². The maximum atomic E-state index is 14.7. The number of nitrogens with zero attached hydrogens (tertiary/aromatic N) is 1. The molecule has 0 radical (unpaired) electrons. The zero-order chi connectivity index (χ0) is 39.6. The molecular formula is C42H48N4O9S. The van der Waals surface area contributed by atoms with E-state index in [4.69, 9.17) is 14.2 Å². The Morgan fingerprint density at radius 3 is 2.36 bits per heavy atom. The average Bonchev–Trinajstić information content (AvgIpc) is 4.08. The number of sulfonamides is 1. The molecule has 1 spiro atoms. The second-order valence-electron chi connectivity index (χ2n) is 17.2. The smallest absolute Gasteiger partial charge is 0.407 e. The average molecular weight is 785 g/mol. The topological polar surface area (TPSA) is 169 Å². The van der Waals surface area contributed by atoms with Gasteiger partial charge in [0.1, 0.15) is 41.8 Å². The predicted molar refractivity (Wildman–Crippen MR) is 208 cm³/mol. The van der Waals surface area contributed by atoms with Gasteiger partial charge in [-0.1, -0.05) is 63.2 Å². The molecule has 3 N–H and O–H groups in total. The maximum Gasteiger partial charge on any atom is 0.407 e. The van der Waals surface area contributed by atoms with Gasteiger partial charge in [-0.05, 0) is 78.1 Å². The van der Waals surface area contributed by atoms with Gasteiger partial charge in [0.05, 0.1) is 18.4 Å². The Bertz CT molecular complexity index is 2230. The minimum absolute atomic E-state index is 0.0150. The van der Waals surface area contributed by atoms with Gasteiger partial charge < -0.3 is 29.7 Å². The molecule has 4 amide bonds. The van der Waals surface area contributed by atoms with Crippen molar-refractivity contribution >= 4 is 44.6 Å². The molecule has 56 heavy (non-hydrogen) atoms. The van der Waals surface area contributed by atoms with Gasteiger partial charge in [-0.2, -0.15) is 0 Å². The van der Waals surface area contributed by atoms with E-state index in [1.807, 2.05) is 81.4 Å². The number of cyclic esters (lactones) is 1. The molecule has 296 valence electrons. The van der Waals surface area contributed by atoms with Gasteiger partial charge in [0.2, 0.25) is 21.8 Å². The first kappa shape index (κ1) is 37.8. The zero-order valence-corrected chi connectivity index (χ0v) is 32.7. The standard InChI is InChI=1S/C42H48N4O9S/c1-5-28-21-42(28,38(49)45-56(51,52)31-13-14-31)44-36(47)33-20-30-22-46(33)37(48)35(40(2,3)4)43-39(50)54-24-41(15-16-41)23-53-29-12-8-11-27(17-29)32-18-25-9-6-7-10-26(25)19-34(32)55-30/h5-12,17-19,28,30-31,33,35H,1,13-16,20-24H2,2-4H3,(H,43,50)(H,44,47)(H,45,49)/t28-,30?,33+,35-,42?/m1/s1. The second kappa shape index (κ2) is 13.8. The first-order chi connectivity index (χ1) is 26.6. The Morgan fingerprint density at radius 1 is 0.982 bits per heavy atom. The van der Waals surface area contributed by atoms with Crippen molar-refractivity contribution in [1.82, 2.24) is 20.3 Å². The van der Waals surface area contributed by atoms with Crippen LogP contribution in [0.1, 0.15) is 59.3 Å². The molecule has 3 saturated carbocycles. The monoisotopic (exact) mass is 784 g/mol. The lowest BCUT2D eigenvalue weighted by Crippen LogP contribution is -2.60. The fraction of sp³-hybridized carbons (Fsp3) is 0.476. The summed E-state index contributed by atoms with van der Waals surface area (Å²) in [6.45, 7) is 9.67. The predicted octanol–water partition coefficient (Wildman–Crippen LogP) is 4.84. The Kier molecular flexibility index (Phi) is 9.33. The van der Waals surface area contributed by atoms with Crippen LogP contribution in [0.4, 0.5) is 4.79 Å². The summed E-state index contributed by atoms with van der Waals surface area (Å²) in [5, 5.41) is 6.91. The van der Waals surface area contributed by atoms with Crippen LogP contribution in [0.2, 0.25) is 0 Å². The van der Waals surface area contributed by atoms with E-state index in [0.29, 0.717) is 30.9 Å². The molecule has 2 unspecified atom stereocenters. The van der Waals surface area contributed by atoms with E-state index in [2.05, 4.69) is 21.9 Å². The molecule has 3 aliphatic carbocycles. The molecule has 2 aliphatic heterocycles. The van der Waals surface area contributed by atoms with Gasteiger partial charge in [-0.25, -0.2) is 13.2 Å². The molecular weight excluding hydrogens is 737 g/mol. The van der Waals surface area contributed by atoms with Crippen molar-refractivity contribution in [3.63, 3.8) is 0 Å². The first-order valence-corrected chi connectivity index (χ1v) is 20.8. The summed E-state index contributed by atoms with van der Waals surface area (Å²) in [4.78, 5) is 57.5. The number of benzene rings is 3. The highest BCUT2D eigenvalue weighted by molar-refractivity contribution is 7.91. The molecule has 5 atom stereocenters. The zero-order valence-electron chi connectivity index (χ0n) is 31.8. The summed E-state index contributed by atoms with van der Waals surface area (Å²) < 4.78 is 46.5. The van der Waals surface area contributed by atoms with Crippen molar-refractivity contribution in [2.24, 2.45) is 16.7 Å². The number of hydrogen-bond acceptors (Lipinski definition) is 9. The van der Waals surface area contributed by atoms with E-state index < -0.39 is 74.1 Å². The summed E-state index contributed by atoms with van der Waals surface area (Å²) in [7, 11) is -3.90. The van der Waals surface area contributed by atoms with Gasteiger partial charge in [0, 0.05) is 23.3 Å². The number of hydrogen-bond donors (Lipinski definition) is 3. The van der Waals surface area contributed by atoms with Crippen LogP contribution in [-0.4, -0.2) is 85.9 Å². The molecule has 0 aromatic heterocycles. The second-order valence-corrected chi connectivity index (χ2v) is 19.2. The van der Waals surface area contributed by atoms with E-state index in [1.54, 1.807) is 0 Å². The number of carbonyl (C=O) groups excluding carboxylic acids is 4. The summed E-state index contributed by atoms with van der Waals surface area (Å²) >= 11 is 0. The van der Waals surface area contributed by atoms with Gasteiger partial charge in [-0.15, -0.1) is 6.58 Å². The molecule has 1 saturated heterocycles. The van der Waals surface area contributed by atoms with Crippen molar-refractivity contribution in [2.75, 3.05) is 19.8 Å². The minimum atomic E-state index is -3.90. The van der Waals surface area contributed by atoms with Crippen LogP contribution in [0.5, 0.6) is 11.5 Å². The third kappa shape index (κ3) is 7.42. The molecule has 2 heterocycles. The van der Waals surface area contributed by atoms with Crippen LogP contribution >= 0.6 is 0 Å². The quantitative estimate of drug-likeness (QED) is 0.296. The van der Waals surface area contributed by atoms with Crippen molar-refractivity contribution in [3.8, 4) is 22.6 Å². The fourth-order valence-corrected chi connectivity index (χ4v) is 9.17. The Hall–Kier alpha value is -5.11. The largest absolute Gasteiger partial charge is 0.493 e. The van der Waals surface area contributed by atoms with Crippen LogP contribution in [0.15, 0.2) is 73.3 Å². The van der Waals surface area contributed by atoms with Crippen LogP contribution in [0.25, 0.3) is 21.9 Å². The van der Waals surface area contributed by atoms with Crippen molar-refractivity contribution in [1.29, 1.82) is 0 Å². The van der Waals surface area contributed by atoms with E-state index >= 15 is 0 Å². The summed E-state index contributed by atoms with van der Waals surface area (Å²) in [5.74, 6) is -1.32. The third-order valence-electron chi connectivity index (χ3n) is 11.8. The maximum absolute atomic E-state index is 14.7. The van der Waals surface area contributed by atoms with Crippen molar-refractivity contribution < 1.29 is 41.8 Å². The Morgan fingerprint density at radius 2 is 1.70 bits per heavy atom. The van der Waals surface area contributed by atoms with Gasteiger partial charge >= 0.3 is 6.09 Å². The lowest BCUT2D eigenvalue weighted by atomic mass is 9.85. The molecule has 5 aliphatic rings. The molecule has 4 fully saturated rings. The fourth-order valence-electron chi connectivity index (χ4n) is 7.81. The van der Waals surface area contributed by atoms with Gasteiger partial charge in [-0.3, -0.25) is 19.1 Å². The summed E-state index contributed by atoms with van der Waals surface area (Å²) in [6.07, 6.45) is 2.81. The highest BCUT2D eigenvalue weighted by Crippen LogP contribution is 2.47. The Balaban J connectivity index is 1.16. The highest BCUT2D eigenvalue weighted by atomic mass is 32.2. The van der Waals surface area contributed by atoms with E-state index in [0.717, 1.165) is 34.7 Å². The Labute approximate surface area is 326 Å². The van der Waals surface area contributed by atoms with E-state index in [-0.39, 0.29) is 31.4 Å². The molecule has 14 heteroatoms. The van der Waals surface area contributed by atoms with Crippen LogP contribution in [-0.2, 0) is 29.1 Å². The number of fused-ring (bicyclic) bond motifs is 7. The molecule has 3 aromatic carbocycles. The van der Waals surface area contributed by atoms with Crippen LogP contribution < -0.4 is 24.8 Å². The number of carbonyl (C=O) groups is 4. The van der Waals surface area contributed by atoms with Crippen LogP contribution in [0, 0.1) is 16.7 Å². The summed E-state index contributed by atoms with van der Waals surface area (Å²) in [6, 6.07) is 17.4. The molecule has 8 rings (SSSR count). The number of ether oxygens (including phenoxy) is 3. The minimum Gasteiger partial charge on any atom is -0.493 e. The van der Waals surface area contributed by atoms with Crippen molar-refractivity contribution in [2.45, 2.75) is 88.3 Å². The number of rotatable bonds is 6. The van der Waals surface area contributed by atoms with Gasteiger partial charge in [0.15, 0.2) is 0 Å². The SMILES string of the molecule is C=C[C@@H]1CC1(NC(=O)[C@@H]1CC2CN1C(=O)[C@H](C(C)(C)C)NC(=O)OCC1(CC1)COc1cccc(c1)-c1cc3ccccc3cc1O2)C(=O)NS(=O)(=O)C1CC1. The lowest BCUT2D eigenvalue weighted by Gasteiger charge is -2.35. The van der Waals surface area contributed by atoms with Gasteiger partial charge in [0.25, 0.3) is 5.91 Å². The number of alkyl carbamates (subject to hydrolysis) is 1. The normalized spacial score (nSPS) is 27.3. The molecule has 3 aromatic rings. The molecule has 13 nitrogen and oxygen atoms in total. The number of amides is 4. The van der Waals surface area contributed by atoms with E-state index in [9.17, 15) is 27.6 Å². The summed E-state index contributed by atoms with van der Waals surface area (Å²) in [5.41, 5.74) is -1.08. The lowest BCUT2D eigenvalue weighted by molar-refractivity contribution is -0.142. The highest BCUT2D eigenvalue weighted by Gasteiger charge is 2.62. The molecule has 4 bridgehead atoms. The first-order valence-electron chi connectivity index (χ1n) is 19.3. The van der Waals surface area contributed by atoms with Crippen LogP contribution in [0.3, 0.4) is 0 Å². The number of nitrogens with one attached hydrogen (secondary N) is 3. The van der Waals surface area contributed by atoms with E-state index in [1.165, 1.54) is 11.0 Å².